The number of carbonyl (C=O) groups is 1. The molecule has 0 aliphatic carbocycles. The van der Waals surface area contributed by atoms with Crippen molar-refractivity contribution in [2.24, 2.45) is 0 Å². The molecule has 1 aliphatic rings. The van der Waals surface area contributed by atoms with Crippen molar-refractivity contribution < 1.29 is 13.6 Å². The molecule has 3 N–H and O–H groups in total. The van der Waals surface area contributed by atoms with Crippen LogP contribution < -0.4 is 10.9 Å². The van der Waals surface area contributed by atoms with Crippen molar-refractivity contribution in [1.82, 2.24) is 25.4 Å². The number of aromatic amines is 2. The van der Waals surface area contributed by atoms with Crippen LogP contribution >= 0.6 is 0 Å². The van der Waals surface area contributed by atoms with Crippen LogP contribution in [0.3, 0.4) is 0 Å². The summed E-state index contributed by atoms with van der Waals surface area (Å²) in [5.74, 6) is -2.37. The van der Waals surface area contributed by atoms with Gasteiger partial charge in [-0.3, -0.25) is 14.7 Å². The average Bonchev–Trinajstić information content (AvgIpc) is 3.21. The van der Waals surface area contributed by atoms with E-state index in [9.17, 15) is 18.4 Å². The van der Waals surface area contributed by atoms with Gasteiger partial charge in [0.1, 0.15) is 0 Å². The summed E-state index contributed by atoms with van der Waals surface area (Å²) in [7, 11) is 1.65. The zero-order valence-corrected chi connectivity index (χ0v) is 15.9. The number of rotatable bonds is 2. The predicted octanol–water partition coefficient (Wildman–Crippen LogP) is 2.60. The van der Waals surface area contributed by atoms with E-state index < -0.39 is 23.2 Å². The molecule has 2 aromatic heterocycles. The first kappa shape index (κ1) is 18.4. The van der Waals surface area contributed by atoms with Gasteiger partial charge in [0.25, 0.3) is 11.5 Å². The smallest absolute Gasteiger partial charge is 0.256 e. The Labute approximate surface area is 168 Å². The Kier molecular flexibility index (Phi) is 4.14. The maximum atomic E-state index is 14.0. The van der Waals surface area contributed by atoms with Gasteiger partial charge in [-0.25, -0.2) is 8.78 Å². The van der Waals surface area contributed by atoms with Crippen LogP contribution in [-0.4, -0.2) is 39.6 Å². The van der Waals surface area contributed by atoms with Crippen LogP contribution in [0.25, 0.3) is 21.7 Å². The van der Waals surface area contributed by atoms with Gasteiger partial charge in [0.15, 0.2) is 11.6 Å². The fraction of sp³-hybridized carbons (Fsp3) is 0.190. The summed E-state index contributed by atoms with van der Waals surface area (Å²) < 4.78 is 27.8. The van der Waals surface area contributed by atoms with Gasteiger partial charge < -0.3 is 15.2 Å². The number of aromatic nitrogens is 3. The minimum Gasteiger partial charge on any atom is -0.333 e. The highest BCUT2D eigenvalue weighted by Crippen LogP contribution is 2.32. The number of halogens is 2. The molecular formula is C21H17F2N5O2. The number of amides is 1. The lowest BCUT2D eigenvalue weighted by atomic mass is 9.93. The van der Waals surface area contributed by atoms with Gasteiger partial charge in [-0.05, 0) is 29.7 Å². The van der Waals surface area contributed by atoms with E-state index in [1.54, 1.807) is 36.3 Å². The molecule has 3 heterocycles. The van der Waals surface area contributed by atoms with Gasteiger partial charge in [0.2, 0.25) is 0 Å². The molecule has 0 fully saturated rings. The lowest BCUT2D eigenvalue weighted by Crippen LogP contribution is -2.42. The molecule has 1 aliphatic heterocycles. The third-order valence-electron chi connectivity index (χ3n) is 5.63. The van der Waals surface area contributed by atoms with Crippen LogP contribution in [0.2, 0.25) is 0 Å². The van der Waals surface area contributed by atoms with Crippen molar-refractivity contribution in [2.75, 3.05) is 13.6 Å². The third-order valence-corrected chi connectivity index (χ3v) is 5.63. The Hall–Kier alpha value is -3.59. The van der Waals surface area contributed by atoms with Gasteiger partial charge in [0, 0.05) is 42.3 Å². The maximum absolute atomic E-state index is 14.0. The Morgan fingerprint density at radius 3 is 2.73 bits per heavy atom. The van der Waals surface area contributed by atoms with Gasteiger partial charge >= 0.3 is 0 Å². The minimum atomic E-state index is -1.09. The standard InChI is InChI=1S/C21H17F2N5O2/c1-28(21(30)10-2-3-11-7-25-27-16(11)4-10)18-9-24-8-17-19(18)12-5-14(22)15(23)6-13(12)20(29)26-17/h2-7,18,24H,8-9H2,1H3,(H,25,27)(H,26,29)/t18-/m1/s1. The first-order valence-corrected chi connectivity index (χ1v) is 9.39. The van der Waals surface area contributed by atoms with Crippen molar-refractivity contribution in [3.05, 3.63) is 75.3 Å². The molecule has 9 heteroatoms. The van der Waals surface area contributed by atoms with E-state index >= 15 is 0 Å². The number of H-pyrrole nitrogens is 2. The summed E-state index contributed by atoms with van der Waals surface area (Å²) in [5.41, 5.74) is 1.87. The fourth-order valence-corrected chi connectivity index (χ4v) is 4.09. The lowest BCUT2D eigenvalue weighted by Gasteiger charge is -2.34. The zero-order valence-electron chi connectivity index (χ0n) is 15.9. The van der Waals surface area contributed by atoms with Crippen LogP contribution in [0, 0.1) is 11.6 Å². The summed E-state index contributed by atoms with van der Waals surface area (Å²) in [5, 5.41) is 11.2. The summed E-state index contributed by atoms with van der Waals surface area (Å²) in [4.78, 5) is 29.9. The molecule has 7 nitrogen and oxygen atoms in total. The van der Waals surface area contributed by atoms with Crippen molar-refractivity contribution >= 4 is 27.6 Å². The van der Waals surface area contributed by atoms with E-state index in [0.29, 0.717) is 35.3 Å². The predicted molar refractivity (Wildman–Crippen MR) is 107 cm³/mol. The van der Waals surface area contributed by atoms with Crippen LogP contribution in [0.5, 0.6) is 0 Å². The molecule has 0 radical (unpaired) electrons. The third kappa shape index (κ3) is 2.78. The van der Waals surface area contributed by atoms with E-state index in [1.807, 2.05) is 0 Å². The largest absolute Gasteiger partial charge is 0.333 e. The van der Waals surface area contributed by atoms with Crippen molar-refractivity contribution in [1.29, 1.82) is 0 Å². The number of fused-ring (bicyclic) bond motifs is 4. The molecule has 1 atom stereocenters. The highest BCUT2D eigenvalue weighted by Gasteiger charge is 2.30. The number of hydrogen-bond acceptors (Lipinski definition) is 4. The second-order valence-corrected chi connectivity index (χ2v) is 7.39. The number of carbonyl (C=O) groups excluding carboxylic acids is 1. The number of hydrogen-bond donors (Lipinski definition) is 3. The van der Waals surface area contributed by atoms with Gasteiger partial charge in [-0.15, -0.1) is 0 Å². The van der Waals surface area contributed by atoms with Crippen molar-refractivity contribution in [3.8, 4) is 0 Å². The number of nitrogens with one attached hydrogen (secondary N) is 3. The van der Waals surface area contributed by atoms with Gasteiger partial charge in [-0.2, -0.15) is 5.10 Å². The van der Waals surface area contributed by atoms with Gasteiger partial charge in [0.05, 0.1) is 23.1 Å². The molecular weight excluding hydrogens is 392 g/mol. The molecule has 0 bridgehead atoms. The van der Waals surface area contributed by atoms with E-state index in [2.05, 4.69) is 20.5 Å². The van der Waals surface area contributed by atoms with E-state index in [0.717, 1.165) is 23.0 Å². The molecule has 1 amide bonds. The Bertz CT molecular complexity index is 1380. The number of nitrogens with zero attached hydrogens (tertiary/aromatic N) is 2. The Balaban J connectivity index is 1.62. The first-order chi connectivity index (χ1) is 14.4. The number of pyridine rings is 1. The quantitative estimate of drug-likeness (QED) is 0.474. The van der Waals surface area contributed by atoms with E-state index in [4.69, 9.17) is 0 Å². The van der Waals surface area contributed by atoms with Crippen LogP contribution in [0.4, 0.5) is 8.78 Å². The SMILES string of the molecule is CN(C(=O)c1ccc2cn[nH]c2c1)[C@@H]1CNCc2[nH]c(=O)c3cc(F)c(F)cc3c21. The monoisotopic (exact) mass is 409 g/mol. The molecule has 0 unspecified atom stereocenters. The maximum Gasteiger partial charge on any atom is 0.256 e. The number of likely N-dealkylation sites (N-methyl/N-ethyl adjacent to an activating group) is 1. The molecule has 0 saturated heterocycles. The normalized spacial score (nSPS) is 16.0. The highest BCUT2D eigenvalue weighted by molar-refractivity contribution is 5.98. The van der Waals surface area contributed by atoms with Crippen LogP contribution in [-0.2, 0) is 6.54 Å². The summed E-state index contributed by atoms with van der Waals surface area (Å²) in [6.07, 6.45) is 1.67. The second-order valence-electron chi connectivity index (χ2n) is 7.39. The zero-order chi connectivity index (χ0) is 21.0. The topological polar surface area (TPSA) is 93.9 Å². The summed E-state index contributed by atoms with van der Waals surface area (Å²) in [6, 6.07) is 6.69. The molecule has 30 heavy (non-hydrogen) atoms. The molecule has 2 aromatic carbocycles. The number of benzene rings is 2. The highest BCUT2D eigenvalue weighted by atomic mass is 19.2. The molecule has 0 spiro atoms. The van der Waals surface area contributed by atoms with E-state index in [-0.39, 0.29) is 11.3 Å². The van der Waals surface area contributed by atoms with Crippen molar-refractivity contribution in [3.63, 3.8) is 0 Å². The Morgan fingerprint density at radius 1 is 1.17 bits per heavy atom. The van der Waals surface area contributed by atoms with E-state index in [1.165, 1.54) is 0 Å². The van der Waals surface area contributed by atoms with Crippen LogP contribution in [0.1, 0.15) is 27.7 Å². The Morgan fingerprint density at radius 2 is 1.93 bits per heavy atom. The lowest BCUT2D eigenvalue weighted by molar-refractivity contribution is 0.0723. The first-order valence-electron chi connectivity index (χ1n) is 9.39. The second kappa shape index (κ2) is 6.74. The van der Waals surface area contributed by atoms with Crippen molar-refractivity contribution in [2.45, 2.75) is 12.6 Å². The van der Waals surface area contributed by atoms with Crippen LogP contribution in [0.15, 0.2) is 41.3 Å². The molecule has 152 valence electrons. The summed E-state index contributed by atoms with van der Waals surface area (Å²) in [6.45, 7) is 0.764. The summed E-state index contributed by atoms with van der Waals surface area (Å²) >= 11 is 0. The molecule has 4 aromatic rings. The molecule has 0 saturated carbocycles. The van der Waals surface area contributed by atoms with Gasteiger partial charge in [-0.1, -0.05) is 6.07 Å². The molecule has 5 rings (SSSR count). The minimum absolute atomic E-state index is 0.0549. The average molecular weight is 409 g/mol. The fourth-order valence-electron chi connectivity index (χ4n) is 4.09.